The molecule has 0 radical (unpaired) electrons. The van der Waals surface area contributed by atoms with Crippen LogP contribution in [0.5, 0.6) is 0 Å². The Morgan fingerprint density at radius 2 is 2.05 bits per heavy atom. The van der Waals surface area contributed by atoms with E-state index in [9.17, 15) is 10.5 Å². The number of ether oxygens (including phenoxy) is 1. The number of fused-ring (bicyclic) bond motifs is 4. The first-order valence-electron chi connectivity index (χ1n) is 7.57. The van der Waals surface area contributed by atoms with E-state index in [1.165, 1.54) is 0 Å². The number of hydrogen-bond donors (Lipinski definition) is 2. The van der Waals surface area contributed by atoms with Crippen LogP contribution < -0.4 is 10.7 Å². The van der Waals surface area contributed by atoms with E-state index in [4.69, 9.17) is 10.5 Å². The molecule has 3 fully saturated rings. The number of nitrogens with zero attached hydrogens (tertiary/aromatic N) is 2. The third-order valence-corrected chi connectivity index (χ3v) is 7.59. The fourth-order valence-corrected chi connectivity index (χ4v) is 6.71. The summed E-state index contributed by atoms with van der Waals surface area (Å²) in [6.45, 7) is 2.84. The van der Waals surface area contributed by atoms with E-state index in [0.29, 0.717) is 18.4 Å². The molecule has 1 saturated heterocycles. The SMILES string of the molecule is CC1CCC2(CC1)[C@]1(C#N)[C@@]3([NH+]=C(N)[C@]21C#N)OCCS3. The first-order chi connectivity index (χ1) is 10.1. The summed E-state index contributed by atoms with van der Waals surface area (Å²) < 4.78 is 5.98. The lowest BCUT2D eigenvalue weighted by Gasteiger charge is -2.34. The van der Waals surface area contributed by atoms with Crippen LogP contribution in [0.25, 0.3) is 0 Å². The van der Waals surface area contributed by atoms with Crippen molar-refractivity contribution < 1.29 is 9.73 Å². The van der Waals surface area contributed by atoms with E-state index >= 15 is 0 Å². The molecular formula is C15H19N4OS+. The van der Waals surface area contributed by atoms with Gasteiger partial charge < -0.3 is 4.74 Å². The van der Waals surface area contributed by atoms with E-state index in [0.717, 1.165) is 31.4 Å². The Labute approximate surface area is 128 Å². The van der Waals surface area contributed by atoms with Crippen LogP contribution in [0.2, 0.25) is 0 Å². The minimum atomic E-state index is -0.883. The zero-order valence-electron chi connectivity index (χ0n) is 12.1. The van der Waals surface area contributed by atoms with Crippen LogP contribution in [0.15, 0.2) is 0 Å². The van der Waals surface area contributed by atoms with Crippen molar-refractivity contribution in [2.45, 2.75) is 37.7 Å². The summed E-state index contributed by atoms with van der Waals surface area (Å²) in [7, 11) is 0. The molecule has 5 nitrogen and oxygen atoms in total. The Bertz CT molecular complexity index is 619. The third-order valence-electron chi connectivity index (χ3n) is 6.29. The Balaban J connectivity index is 1.91. The molecule has 2 saturated carbocycles. The van der Waals surface area contributed by atoms with Gasteiger partial charge in [0, 0.05) is 11.2 Å². The van der Waals surface area contributed by atoms with Crippen LogP contribution in [0.4, 0.5) is 0 Å². The molecule has 2 aliphatic heterocycles. The molecule has 6 heteroatoms. The van der Waals surface area contributed by atoms with Crippen molar-refractivity contribution in [3.05, 3.63) is 0 Å². The van der Waals surface area contributed by atoms with Gasteiger partial charge >= 0.3 is 0 Å². The van der Waals surface area contributed by atoms with E-state index in [-0.39, 0.29) is 5.41 Å². The van der Waals surface area contributed by atoms with Gasteiger partial charge in [-0.15, -0.1) is 0 Å². The predicted octanol–water partition coefficient (Wildman–Crippen LogP) is 0.0851. The Hall–Kier alpha value is -1.24. The lowest BCUT2D eigenvalue weighted by Crippen LogP contribution is -2.88. The van der Waals surface area contributed by atoms with Gasteiger partial charge in [0.05, 0.1) is 18.7 Å². The summed E-state index contributed by atoms with van der Waals surface area (Å²) in [6.07, 6.45) is 3.90. The summed E-state index contributed by atoms with van der Waals surface area (Å²) in [6, 6.07) is 4.96. The Morgan fingerprint density at radius 1 is 1.33 bits per heavy atom. The van der Waals surface area contributed by atoms with Gasteiger partial charge in [-0.05, 0) is 18.8 Å². The van der Waals surface area contributed by atoms with Crippen LogP contribution in [-0.2, 0) is 4.74 Å². The maximum Gasteiger partial charge on any atom is 0.277 e. The van der Waals surface area contributed by atoms with Crippen molar-refractivity contribution in [2.24, 2.45) is 27.9 Å². The van der Waals surface area contributed by atoms with E-state index in [1.54, 1.807) is 11.8 Å². The van der Waals surface area contributed by atoms with E-state index < -0.39 is 15.9 Å². The molecule has 2 aliphatic carbocycles. The monoisotopic (exact) mass is 303 g/mol. The second-order valence-corrected chi connectivity index (χ2v) is 8.11. The van der Waals surface area contributed by atoms with Gasteiger partial charge in [0.25, 0.3) is 10.9 Å². The second-order valence-electron chi connectivity index (χ2n) is 6.84. The molecule has 0 unspecified atom stereocenters. The van der Waals surface area contributed by atoms with Gasteiger partial charge in [0.15, 0.2) is 10.8 Å². The number of amidine groups is 1. The molecule has 0 aromatic heterocycles. The fourth-order valence-electron chi connectivity index (χ4n) is 5.30. The molecule has 4 aliphatic rings. The van der Waals surface area contributed by atoms with Crippen LogP contribution in [0.1, 0.15) is 32.6 Å². The standard InChI is InChI=1S/C15H18N4OS/c1-10-2-4-12(5-3-10)13(8-16)11(18)19-15(14(12,13)9-17)20-6-7-21-15/h10H,2-7H2,1H3,(H2,18,19)/p+1/t10?,12?,13-,14+,15-/m1/s1. The summed E-state index contributed by atoms with van der Waals surface area (Å²) in [5.74, 6) is 1.94. The van der Waals surface area contributed by atoms with Crippen molar-refractivity contribution in [3.8, 4) is 12.1 Å². The highest BCUT2D eigenvalue weighted by Gasteiger charge is 3.02. The van der Waals surface area contributed by atoms with E-state index in [1.807, 2.05) is 0 Å². The van der Waals surface area contributed by atoms with Crippen molar-refractivity contribution in [3.63, 3.8) is 0 Å². The Morgan fingerprint density at radius 3 is 2.57 bits per heavy atom. The molecule has 3 N–H and O–H groups in total. The first kappa shape index (κ1) is 13.4. The molecule has 0 bridgehead atoms. The molecule has 0 amide bonds. The molecule has 2 heterocycles. The molecule has 3 atom stereocenters. The zero-order chi connectivity index (χ0) is 14.9. The van der Waals surface area contributed by atoms with Crippen molar-refractivity contribution >= 4 is 17.6 Å². The highest BCUT2D eigenvalue weighted by atomic mass is 32.2. The van der Waals surface area contributed by atoms with Crippen LogP contribution in [-0.4, -0.2) is 23.3 Å². The number of nitriles is 2. The molecular weight excluding hydrogens is 284 g/mol. The lowest BCUT2D eigenvalue weighted by molar-refractivity contribution is -0.586. The average molecular weight is 303 g/mol. The smallest absolute Gasteiger partial charge is 0.277 e. The predicted molar refractivity (Wildman–Crippen MR) is 77.5 cm³/mol. The van der Waals surface area contributed by atoms with Crippen molar-refractivity contribution in [1.29, 1.82) is 10.5 Å². The summed E-state index contributed by atoms with van der Waals surface area (Å²) in [4.78, 5) is 3.19. The molecule has 110 valence electrons. The zero-order valence-corrected chi connectivity index (χ0v) is 12.9. The van der Waals surface area contributed by atoms with Gasteiger partial charge in [0.1, 0.15) is 0 Å². The maximum atomic E-state index is 10.1. The fraction of sp³-hybridized carbons (Fsp3) is 0.800. The summed E-state index contributed by atoms with van der Waals surface area (Å²) in [5, 5.41) is 19.2. The van der Waals surface area contributed by atoms with Crippen molar-refractivity contribution in [2.75, 3.05) is 12.4 Å². The topological polar surface area (TPSA) is 96.8 Å². The van der Waals surface area contributed by atoms with Crippen LogP contribution in [0.3, 0.4) is 0 Å². The summed E-state index contributed by atoms with van der Waals surface area (Å²) in [5.41, 5.74) is 4.21. The van der Waals surface area contributed by atoms with E-state index in [2.05, 4.69) is 24.1 Å². The molecule has 21 heavy (non-hydrogen) atoms. The Kier molecular flexibility index (Phi) is 2.39. The van der Waals surface area contributed by atoms with Crippen LogP contribution in [0, 0.1) is 44.8 Å². The van der Waals surface area contributed by atoms with Gasteiger partial charge in [-0.25, -0.2) is 4.99 Å². The first-order valence-corrected chi connectivity index (χ1v) is 8.56. The second kappa shape index (κ2) is 3.74. The normalized spacial score (nSPS) is 54.0. The minimum Gasteiger partial charge on any atom is -0.327 e. The maximum absolute atomic E-state index is 10.1. The number of rotatable bonds is 0. The molecule has 2 spiro atoms. The van der Waals surface area contributed by atoms with Gasteiger partial charge in [0.2, 0.25) is 0 Å². The van der Waals surface area contributed by atoms with Crippen LogP contribution >= 0.6 is 11.8 Å². The highest BCUT2D eigenvalue weighted by molar-refractivity contribution is 8.00. The van der Waals surface area contributed by atoms with Gasteiger partial charge in [-0.2, -0.15) is 10.5 Å². The van der Waals surface area contributed by atoms with Gasteiger partial charge in [-0.1, -0.05) is 31.5 Å². The average Bonchev–Trinajstić information content (AvgIpc) is 2.77. The summed E-state index contributed by atoms with van der Waals surface area (Å²) >= 11 is 1.60. The quantitative estimate of drug-likeness (QED) is 0.661. The molecule has 0 aromatic rings. The molecule has 0 aromatic carbocycles. The molecule has 4 rings (SSSR count). The number of nitrogens with one attached hydrogen (secondary N) is 1. The minimum absolute atomic E-state index is 0.331. The third kappa shape index (κ3) is 1.05. The largest absolute Gasteiger partial charge is 0.327 e. The van der Waals surface area contributed by atoms with Crippen molar-refractivity contribution in [1.82, 2.24) is 0 Å². The number of thioether (sulfide) groups is 1. The number of hydrogen-bond acceptors (Lipinski definition) is 5. The van der Waals surface area contributed by atoms with Gasteiger partial charge in [-0.3, -0.25) is 5.73 Å². The highest BCUT2D eigenvalue weighted by Crippen LogP contribution is 2.87. The lowest BCUT2D eigenvalue weighted by atomic mass is 9.73. The number of nitrogens with two attached hydrogens (primary N) is 1.